The Morgan fingerprint density at radius 3 is 2.20 bits per heavy atom. The smallest absolute Gasteiger partial charge is 0.0642 e. The Balaban J connectivity index is 0.000000269. The van der Waals surface area contributed by atoms with Gasteiger partial charge in [0.25, 0.3) is 0 Å². The molecule has 2 aliphatic rings. The highest BCUT2D eigenvalue weighted by Gasteiger charge is 2.15. The molecule has 30 heavy (non-hydrogen) atoms. The van der Waals surface area contributed by atoms with Crippen molar-refractivity contribution in [2.24, 2.45) is 5.92 Å². The van der Waals surface area contributed by atoms with Crippen LogP contribution >= 0.6 is 0 Å². The average molecular weight is 413 g/mol. The number of allylic oxidation sites excluding steroid dienone is 2. The van der Waals surface area contributed by atoms with Crippen LogP contribution in [0.1, 0.15) is 58.1 Å². The Morgan fingerprint density at radius 2 is 1.63 bits per heavy atom. The maximum Gasteiger partial charge on any atom is 0.0642 e. The van der Waals surface area contributed by atoms with Crippen LogP contribution in [0, 0.1) is 5.92 Å². The summed E-state index contributed by atoms with van der Waals surface area (Å²) in [6, 6.07) is 9.27. The lowest BCUT2D eigenvalue weighted by Gasteiger charge is -2.29. The highest BCUT2D eigenvalue weighted by molar-refractivity contribution is 5.27. The van der Waals surface area contributed by atoms with E-state index in [0.29, 0.717) is 0 Å². The van der Waals surface area contributed by atoms with Crippen LogP contribution in [0.4, 0.5) is 0 Å². The number of hydrogen-bond acceptors (Lipinski definition) is 3. The summed E-state index contributed by atoms with van der Waals surface area (Å²) in [6.07, 6.45) is 11.2. The minimum Gasteiger partial charge on any atom is -0.378 e. The highest BCUT2D eigenvalue weighted by atomic mass is 16.5. The molecule has 1 unspecified atom stereocenters. The van der Waals surface area contributed by atoms with Crippen molar-refractivity contribution >= 4 is 0 Å². The molecule has 0 spiro atoms. The van der Waals surface area contributed by atoms with Gasteiger partial charge in [-0.25, -0.2) is 0 Å². The number of ether oxygens (including phenoxy) is 1. The van der Waals surface area contributed by atoms with Crippen LogP contribution in [0.25, 0.3) is 0 Å². The molecule has 2 fully saturated rings. The molecular formula is C27H44N2O. The maximum atomic E-state index is 5.18. The topological polar surface area (TPSA) is 15.7 Å². The lowest BCUT2D eigenvalue weighted by atomic mass is 9.86. The molecule has 0 bridgehead atoms. The molecule has 0 aliphatic carbocycles. The molecule has 168 valence electrons. The largest absolute Gasteiger partial charge is 0.378 e. The van der Waals surface area contributed by atoms with Crippen molar-refractivity contribution in [3.05, 3.63) is 60.3 Å². The van der Waals surface area contributed by atoms with Crippen LogP contribution < -0.4 is 0 Å². The first-order valence-electron chi connectivity index (χ1n) is 11.8. The summed E-state index contributed by atoms with van der Waals surface area (Å²) >= 11 is 0. The van der Waals surface area contributed by atoms with Crippen LogP contribution in [0.15, 0.2) is 49.2 Å². The van der Waals surface area contributed by atoms with E-state index in [1.165, 1.54) is 56.4 Å². The molecule has 2 aliphatic heterocycles. The summed E-state index contributed by atoms with van der Waals surface area (Å²) in [5, 5.41) is 0. The summed E-state index contributed by atoms with van der Waals surface area (Å²) in [6.45, 7) is 20.4. The normalized spacial score (nSPS) is 19.3. The van der Waals surface area contributed by atoms with Gasteiger partial charge >= 0.3 is 0 Å². The van der Waals surface area contributed by atoms with E-state index in [1.54, 1.807) is 6.08 Å². The molecule has 0 saturated carbocycles. The summed E-state index contributed by atoms with van der Waals surface area (Å²) in [4.78, 5) is 4.88. The van der Waals surface area contributed by atoms with Crippen LogP contribution in [0.2, 0.25) is 0 Å². The Morgan fingerprint density at radius 1 is 1.00 bits per heavy atom. The lowest BCUT2D eigenvalue weighted by Crippen LogP contribution is -2.34. The number of hydrogen-bond donors (Lipinski definition) is 0. The van der Waals surface area contributed by atoms with Gasteiger partial charge in [0.1, 0.15) is 0 Å². The SMILES string of the molecule is C=CC=CN1CCOCC1.CC(Cc1ccc(C(C)(C)C)cc1)CN1CCCCC1. The second kappa shape index (κ2) is 13.0. The van der Waals surface area contributed by atoms with Crippen molar-refractivity contribution < 1.29 is 4.74 Å². The second-order valence-electron chi connectivity index (χ2n) is 9.84. The van der Waals surface area contributed by atoms with Crippen molar-refractivity contribution in [2.75, 3.05) is 45.9 Å². The molecule has 2 heterocycles. The zero-order valence-electron chi connectivity index (χ0n) is 19.9. The summed E-state index contributed by atoms with van der Waals surface area (Å²) in [7, 11) is 0. The van der Waals surface area contributed by atoms with E-state index < -0.39 is 0 Å². The quantitative estimate of drug-likeness (QED) is 0.560. The van der Waals surface area contributed by atoms with Gasteiger partial charge in [-0.3, -0.25) is 0 Å². The molecule has 3 heteroatoms. The Hall–Kier alpha value is -1.58. The third kappa shape index (κ3) is 9.49. The second-order valence-corrected chi connectivity index (χ2v) is 9.84. The number of benzene rings is 1. The van der Waals surface area contributed by atoms with E-state index in [-0.39, 0.29) is 5.41 Å². The van der Waals surface area contributed by atoms with E-state index in [0.717, 1.165) is 32.2 Å². The summed E-state index contributed by atoms with van der Waals surface area (Å²) in [5.41, 5.74) is 3.19. The molecular weight excluding hydrogens is 368 g/mol. The maximum absolute atomic E-state index is 5.18. The number of morpholine rings is 1. The molecule has 1 aromatic rings. The third-order valence-electron chi connectivity index (χ3n) is 5.90. The number of likely N-dealkylation sites (tertiary alicyclic amines) is 1. The zero-order chi connectivity index (χ0) is 21.8. The first-order valence-corrected chi connectivity index (χ1v) is 11.8. The van der Waals surface area contributed by atoms with Gasteiger partial charge in [0.05, 0.1) is 13.2 Å². The summed E-state index contributed by atoms with van der Waals surface area (Å²) < 4.78 is 5.18. The predicted molar refractivity (Wildman–Crippen MR) is 130 cm³/mol. The standard InChI is InChI=1S/C19H31N.C8H13NO/c1-16(15-20-12-6-5-7-13-20)14-17-8-10-18(11-9-17)19(2,3)4;1-2-3-4-9-5-7-10-8-6-9/h8-11,16H,5-7,12-15H2,1-4H3;2-4H,1,5-8H2. The highest BCUT2D eigenvalue weighted by Crippen LogP contribution is 2.23. The molecule has 0 aromatic heterocycles. The van der Waals surface area contributed by atoms with E-state index in [9.17, 15) is 0 Å². The van der Waals surface area contributed by atoms with Gasteiger partial charge in [-0.15, -0.1) is 0 Å². The minimum absolute atomic E-state index is 0.262. The Kier molecular flexibility index (Phi) is 10.7. The number of rotatable bonds is 6. The first-order chi connectivity index (χ1) is 14.4. The van der Waals surface area contributed by atoms with Gasteiger partial charge in [-0.1, -0.05) is 71.0 Å². The number of nitrogens with zero attached hydrogens (tertiary/aromatic N) is 2. The fourth-order valence-electron chi connectivity index (χ4n) is 4.10. The Bertz CT molecular complexity index is 617. The van der Waals surface area contributed by atoms with Gasteiger partial charge in [-0.2, -0.15) is 0 Å². The molecule has 1 aromatic carbocycles. The van der Waals surface area contributed by atoms with Crippen LogP contribution in [0.5, 0.6) is 0 Å². The molecule has 3 nitrogen and oxygen atoms in total. The van der Waals surface area contributed by atoms with E-state index >= 15 is 0 Å². The number of piperidine rings is 1. The van der Waals surface area contributed by atoms with Crippen molar-refractivity contribution in [3.63, 3.8) is 0 Å². The van der Waals surface area contributed by atoms with Crippen molar-refractivity contribution in [1.29, 1.82) is 0 Å². The molecule has 1 atom stereocenters. The molecule has 3 rings (SSSR count). The fourth-order valence-corrected chi connectivity index (χ4v) is 4.10. The minimum atomic E-state index is 0.262. The predicted octanol–water partition coefficient (Wildman–Crippen LogP) is 5.67. The van der Waals surface area contributed by atoms with Gasteiger partial charge < -0.3 is 14.5 Å². The fraction of sp³-hybridized carbons (Fsp3) is 0.630. The average Bonchev–Trinajstić information content (AvgIpc) is 2.74. The molecule has 2 saturated heterocycles. The lowest BCUT2D eigenvalue weighted by molar-refractivity contribution is 0.0594. The Labute approximate surface area is 185 Å². The molecule has 0 radical (unpaired) electrons. The van der Waals surface area contributed by atoms with E-state index in [4.69, 9.17) is 4.74 Å². The molecule has 0 N–H and O–H groups in total. The summed E-state index contributed by atoms with van der Waals surface area (Å²) in [5.74, 6) is 0.758. The van der Waals surface area contributed by atoms with Crippen LogP contribution in [0.3, 0.4) is 0 Å². The van der Waals surface area contributed by atoms with Crippen molar-refractivity contribution in [2.45, 2.75) is 58.8 Å². The van der Waals surface area contributed by atoms with E-state index in [1.807, 2.05) is 6.08 Å². The van der Waals surface area contributed by atoms with Crippen LogP contribution in [-0.2, 0) is 16.6 Å². The van der Waals surface area contributed by atoms with E-state index in [2.05, 4.69) is 74.5 Å². The first kappa shape index (κ1) is 24.7. The van der Waals surface area contributed by atoms with Gasteiger partial charge in [0.15, 0.2) is 0 Å². The van der Waals surface area contributed by atoms with Crippen molar-refractivity contribution in [3.8, 4) is 0 Å². The monoisotopic (exact) mass is 412 g/mol. The third-order valence-corrected chi connectivity index (χ3v) is 5.90. The van der Waals surface area contributed by atoms with Gasteiger partial charge in [-0.05, 0) is 67.1 Å². The zero-order valence-corrected chi connectivity index (χ0v) is 19.9. The van der Waals surface area contributed by atoms with Gasteiger partial charge in [0, 0.05) is 19.6 Å². The van der Waals surface area contributed by atoms with Crippen LogP contribution in [-0.4, -0.2) is 55.7 Å². The van der Waals surface area contributed by atoms with Crippen molar-refractivity contribution in [1.82, 2.24) is 9.80 Å². The molecule has 0 amide bonds. The van der Waals surface area contributed by atoms with Gasteiger partial charge in [0.2, 0.25) is 0 Å².